The van der Waals surface area contributed by atoms with Crippen LogP contribution < -0.4 is 5.32 Å². The summed E-state index contributed by atoms with van der Waals surface area (Å²) in [7, 11) is 0. The highest BCUT2D eigenvalue weighted by molar-refractivity contribution is 7.11. The summed E-state index contributed by atoms with van der Waals surface area (Å²) in [5.74, 6) is 0. The van der Waals surface area contributed by atoms with Crippen LogP contribution in [0.15, 0.2) is 30.7 Å². The van der Waals surface area contributed by atoms with E-state index in [9.17, 15) is 0 Å². The standard InChI is InChI=1S/C15H21N3S/c1-15(2,3)14-18-11-13(19-14)10-17-8-6-12-5-4-7-16-9-12/h4-5,7,9,11,17H,6,8,10H2,1-3H3. The Hall–Kier alpha value is -1.26. The molecule has 19 heavy (non-hydrogen) atoms. The van der Waals surface area contributed by atoms with Gasteiger partial charge in [0.25, 0.3) is 0 Å². The largest absolute Gasteiger partial charge is 0.311 e. The second-order valence-corrected chi connectivity index (χ2v) is 6.78. The van der Waals surface area contributed by atoms with Gasteiger partial charge in [0.1, 0.15) is 0 Å². The van der Waals surface area contributed by atoms with Crippen molar-refractivity contribution in [3.05, 3.63) is 46.2 Å². The average molecular weight is 275 g/mol. The van der Waals surface area contributed by atoms with Gasteiger partial charge >= 0.3 is 0 Å². The average Bonchev–Trinajstić information content (AvgIpc) is 2.85. The zero-order valence-electron chi connectivity index (χ0n) is 11.8. The van der Waals surface area contributed by atoms with Crippen LogP contribution in [0, 0.1) is 0 Å². The van der Waals surface area contributed by atoms with Gasteiger partial charge in [0.2, 0.25) is 0 Å². The summed E-state index contributed by atoms with van der Waals surface area (Å²) in [6, 6.07) is 4.09. The first kappa shape index (κ1) is 14.2. The molecule has 2 rings (SSSR count). The highest BCUT2D eigenvalue weighted by Gasteiger charge is 2.17. The van der Waals surface area contributed by atoms with E-state index in [4.69, 9.17) is 0 Å². The normalized spacial score (nSPS) is 11.7. The zero-order valence-corrected chi connectivity index (χ0v) is 12.6. The minimum absolute atomic E-state index is 0.151. The van der Waals surface area contributed by atoms with Gasteiger partial charge in [-0.2, -0.15) is 0 Å². The van der Waals surface area contributed by atoms with Gasteiger partial charge in [-0.1, -0.05) is 26.8 Å². The lowest BCUT2D eigenvalue weighted by atomic mass is 9.98. The fourth-order valence-corrected chi connectivity index (χ4v) is 2.67. The molecule has 0 aromatic carbocycles. The number of hydrogen-bond acceptors (Lipinski definition) is 4. The van der Waals surface area contributed by atoms with E-state index in [2.05, 4.69) is 42.1 Å². The van der Waals surface area contributed by atoms with Gasteiger partial charge in [0.15, 0.2) is 0 Å². The summed E-state index contributed by atoms with van der Waals surface area (Å²) in [5.41, 5.74) is 1.42. The number of nitrogens with one attached hydrogen (secondary N) is 1. The van der Waals surface area contributed by atoms with Crippen LogP contribution in [0.5, 0.6) is 0 Å². The van der Waals surface area contributed by atoms with Crippen molar-refractivity contribution in [3.8, 4) is 0 Å². The lowest BCUT2D eigenvalue weighted by Gasteiger charge is -2.13. The lowest BCUT2D eigenvalue weighted by Crippen LogP contribution is -2.16. The minimum atomic E-state index is 0.151. The van der Waals surface area contributed by atoms with E-state index in [0.717, 1.165) is 19.5 Å². The molecule has 0 spiro atoms. The van der Waals surface area contributed by atoms with Crippen LogP contribution in [0.4, 0.5) is 0 Å². The Labute approximate surface area is 119 Å². The van der Waals surface area contributed by atoms with Crippen LogP contribution in [0.3, 0.4) is 0 Å². The molecule has 0 aliphatic heterocycles. The molecule has 102 valence electrons. The highest BCUT2D eigenvalue weighted by Crippen LogP contribution is 2.26. The van der Waals surface area contributed by atoms with Crippen molar-refractivity contribution >= 4 is 11.3 Å². The van der Waals surface area contributed by atoms with Crippen molar-refractivity contribution in [1.29, 1.82) is 0 Å². The Morgan fingerprint density at radius 2 is 2.11 bits per heavy atom. The maximum absolute atomic E-state index is 4.49. The topological polar surface area (TPSA) is 37.8 Å². The second-order valence-electron chi connectivity index (χ2n) is 5.67. The fourth-order valence-electron chi connectivity index (χ4n) is 1.73. The number of nitrogens with zero attached hydrogens (tertiary/aromatic N) is 2. The predicted octanol–water partition coefficient (Wildman–Crippen LogP) is 3.17. The molecule has 3 nitrogen and oxygen atoms in total. The molecule has 2 aromatic rings. The summed E-state index contributed by atoms with van der Waals surface area (Å²) in [6.07, 6.45) is 6.73. The summed E-state index contributed by atoms with van der Waals surface area (Å²) >= 11 is 1.80. The fraction of sp³-hybridized carbons (Fsp3) is 0.467. The molecule has 0 saturated heterocycles. The Bertz CT molecular complexity index is 500. The monoisotopic (exact) mass is 275 g/mol. The quantitative estimate of drug-likeness (QED) is 0.852. The molecule has 0 unspecified atom stereocenters. The third-order valence-electron chi connectivity index (χ3n) is 2.81. The van der Waals surface area contributed by atoms with Crippen molar-refractivity contribution in [2.24, 2.45) is 0 Å². The predicted molar refractivity (Wildman–Crippen MR) is 80.5 cm³/mol. The Morgan fingerprint density at radius 1 is 1.26 bits per heavy atom. The molecule has 0 amide bonds. The van der Waals surface area contributed by atoms with Gasteiger partial charge in [-0.25, -0.2) is 4.98 Å². The molecule has 2 aromatic heterocycles. The molecule has 4 heteroatoms. The number of rotatable bonds is 5. The van der Waals surface area contributed by atoms with Crippen LogP contribution in [0.2, 0.25) is 0 Å². The second kappa shape index (κ2) is 6.26. The number of aromatic nitrogens is 2. The molecule has 0 aliphatic rings. The van der Waals surface area contributed by atoms with E-state index in [1.807, 2.05) is 24.7 Å². The first-order chi connectivity index (χ1) is 9.05. The summed E-state index contributed by atoms with van der Waals surface area (Å²) < 4.78 is 0. The molecule has 0 saturated carbocycles. The van der Waals surface area contributed by atoms with Gasteiger partial charge in [-0.05, 0) is 24.6 Å². The Kier molecular flexibility index (Phi) is 4.66. The van der Waals surface area contributed by atoms with E-state index in [1.54, 1.807) is 11.3 Å². The number of hydrogen-bond donors (Lipinski definition) is 1. The molecular weight excluding hydrogens is 254 g/mol. The van der Waals surface area contributed by atoms with Crippen LogP contribution in [0.25, 0.3) is 0 Å². The molecule has 1 N–H and O–H groups in total. The van der Waals surface area contributed by atoms with Crippen LogP contribution in [-0.4, -0.2) is 16.5 Å². The maximum Gasteiger partial charge on any atom is 0.0981 e. The Morgan fingerprint density at radius 3 is 2.74 bits per heavy atom. The van der Waals surface area contributed by atoms with E-state index in [1.165, 1.54) is 15.4 Å². The van der Waals surface area contributed by atoms with Gasteiger partial charge in [-0.15, -0.1) is 11.3 Å². The first-order valence-electron chi connectivity index (χ1n) is 6.60. The minimum Gasteiger partial charge on any atom is -0.311 e. The van der Waals surface area contributed by atoms with Crippen molar-refractivity contribution in [2.75, 3.05) is 6.54 Å². The molecule has 0 aliphatic carbocycles. The van der Waals surface area contributed by atoms with Gasteiger partial charge in [0, 0.05) is 35.4 Å². The molecule has 2 heterocycles. The van der Waals surface area contributed by atoms with E-state index < -0.39 is 0 Å². The van der Waals surface area contributed by atoms with Crippen LogP contribution in [-0.2, 0) is 18.4 Å². The van der Waals surface area contributed by atoms with Crippen molar-refractivity contribution in [1.82, 2.24) is 15.3 Å². The molecule has 0 radical (unpaired) electrons. The summed E-state index contributed by atoms with van der Waals surface area (Å²) in [5, 5.41) is 4.66. The van der Waals surface area contributed by atoms with Gasteiger partial charge in [0.05, 0.1) is 5.01 Å². The zero-order chi connectivity index (χ0) is 13.7. The van der Waals surface area contributed by atoms with E-state index in [0.29, 0.717) is 0 Å². The van der Waals surface area contributed by atoms with Crippen LogP contribution >= 0.6 is 11.3 Å². The number of pyridine rings is 1. The van der Waals surface area contributed by atoms with Crippen molar-refractivity contribution < 1.29 is 0 Å². The highest BCUT2D eigenvalue weighted by atomic mass is 32.1. The lowest BCUT2D eigenvalue weighted by molar-refractivity contribution is 0.585. The van der Waals surface area contributed by atoms with Crippen molar-refractivity contribution in [2.45, 2.75) is 39.2 Å². The van der Waals surface area contributed by atoms with E-state index in [-0.39, 0.29) is 5.41 Å². The molecule has 0 atom stereocenters. The molecule has 0 fully saturated rings. The Balaban J connectivity index is 1.76. The maximum atomic E-state index is 4.49. The molecule has 0 bridgehead atoms. The number of thiazole rings is 1. The first-order valence-corrected chi connectivity index (χ1v) is 7.42. The smallest absolute Gasteiger partial charge is 0.0981 e. The van der Waals surface area contributed by atoms with E-state index >= 15 is 0 Å². The third kappa shape index (κ3) is 4.40. The summed E-state index contributed by atoms with van der Waals surface area (Å²) in [4.78, 5) is 9.91. The third-order valence-corrected chi connectivity index (χ3v) is 4.23. The van der Waals surface area contributed by atoms with Crippen LogP contribution in [0.1, 0.15) is 36.2 Å². The summed E-state index contributed by atoms with van der Waals surface area (Å²) in [6.45, 7) is 8.46. The SMILES string of the molecule is CC(C)(C)c1ncc(CNCCc2cccnc2)s1. The molecular formula is C15H21N3S. The van der Waals surface area contributed by atoms with Crippen molar-refractivity contribution in [3.63, 3.8) is 0 Å². The van der Waals surface area contributed by atoms with Gasteiger partial charge < -0.3 is 5.32 Å². The van der Waals surface area contributed by atoms with Gasteiger partial charge in [-0.3, -0.25) is 4.98 Å².